The fourth-order valence-electron chi connectivity index (χ4n) is 3.77. The molecule has 1 aromatic carbocycles. The number of quaternary nitrogens is 3. The van der Waals surface area contributed by atoms with Crippen molar-refractivity contribution in [3.63, 3.8) is 0 Å². The quantitative estimate of drug-likeness (QED) is 0.511. The molecule has 3 aliphatic heterocycles. The third-order valence-corrected chi connectivity index (χ3v) is 5.02. The lowest BCUT2D eigenvalue weighted by Gasteiger charge is -2.35. The molecule has 3 aliphatic rings. The third-order valence-electron chi connectivity index (χ3n) is 5.02. The first kappa shape index (κ1) is 12.4. The van der Waals surface area contributed by atoms with Crippen LogP contribution in [0.15, 0.2) is 12.1 Å². The van der Waals surface area contributed by atoms with Crippen LogP contribution in [0, 0.1) is 0 Å². The van der Waals surface area contributed by atoms with Crippen LogP contribution in [0.25, 0.3) is 0 Å². The van der Waals surface area contributed by atoms with Gasteiger partial charge in [0.05, 0.1) is 7.05 Å². The second-order valence-electron chi connectivity index (χ2n) is 6.30. The molecule has 20 heavy (non-hydrogen) atoms. The Hall–Kier alpha value is -1.30. The summed E-state index contributed by atoms with van der Waals surface area (Å²) in [6.45, 7) is 7.76. The van der Waals surface area contributed by atoms with Crippen molar-refractivity contribution in [1.29, 1.82) is 0 Å². The van der Waals surface area contributed by atoms with Gasteiger partial charge in [0.2, 0.25) is 6.79 Å². The maximum Gasteiger partial charge on any atom is 0.231 e. The van der Waals surface area contributed by atoms with Crippen molar-refractivity contribution >= 4 is 0 Å². The number of piperazine rings is 1. The van der Waals surface area contributed by atoms with Crippen molar-refractivity contribution < 1.29 is 24.6 Å². The zero-order valence-electron chi connectivity index (χ0n) is 12.1. The largest absolute Gasteiger partial charge is 0.454 e. The Labute approximate surface area is 119 Å². The lowest BCUT2D eigenvalue weighted by Crippen LogP contribution is -3.28. The molecular weight excluding hydrogens is 254 g/mol. The molecule has 5 nitrogen and oxygen atoms in total. The van der Waals surface area contributed by atoms with E-state index in [-0.39, 0.29) is 0 Å². The standard InChI is InChI=1S/C15H21N3O2/c1-17-2-4-18(5-3-17)13-9-16-8-11-6-14-15(7-12(11)13)20-10-19-14/h6-7,13,16H,2-5,8-10H2,1H3/p+3/t13-/m0/s1. The maximum atomic E-state index is 5.57. The zero-order valence-corrected chi connectivity index (χ0v) is 12.1. The number of likely N-dealkylation sites (N-methyl/N-ethyl adjacent to an activating group) is 1. The summed E-state index contributed by atoms with van der Waals surface area (Å²) >= 11 is 0. The Morgan fingerprint density at radius 3 is 2.65 bits per heavy atom. The van der Waals surface area contributed by atoms with Crippen LogP contribution in [0.4, 0.5) is 0 Å². The Bertz CT molecular complexity index is 512. The number of nitrogens with one attached hydrogen (secondary N) is 2. The summed E-state index contributed by atoms with van der Waals surface area (Å²) in [5.41, 5.74) is 2.93. The van der Waals surface area contributed by atoms with Crippen molar-refractivity contribution in [2.75, 3.05) is 46.6 Å². The number of hydrogen-bond donors (Lipinski definition) is 3. The van der Waals surface area contributed by atoms with E-state index < -0.39 is 0 Å². The smallest absolute Gasteiger partial charge is 0.231 e. The van der Waals surface area contributed by atoms with E-state index in [1.54, 1.807) is 9.80 Å². The molecule has 1 fully saturated rings. The van der Waals surface area contributed by atoms with Crippen molar-refractivity contribution in [3.8, 4) is 11.5 Å². The monoisotopic (exact) mass is 278 g/mol. The normalized spacial score (nSPS) is 31.9. The van der Waals surface area contributed by atoms with Gasteiger partial charge in [-0.3, -0.25) is 0 Å². The van der Waals surface area contributed by atoms with Crippen LogP contribution in [-0.2, 0) is 6.54 Å². The minimum absolute atomic E-state index is 0.372. The molecular formula is C15H24N3O2+3. The molecule has 0 amide bonds. The van der Waals surface area contributed by atoms with E-state index in [1.165, 1.54) is 43.9 Å². The first-order chi connectivity index (χ1) is 9.81. The number of fused-ring (bicyclic) bond motifs is 2. The second kappa shape index (κ2) is 4.91. The average molecular weight is 278 g/mol. The first-order valence-electron chi connectivity index (χ1n) is 7.71. The predicted molar refractivity (Wildman–Crippen MR) is 73.1 cm³/mol. The molecule has 3 heterocycles. The summed E-state index contributed by atoms with van der Waals surface area (Å²) in [6, 6.07) is 5.05. The molecule has 0 saturated carbocycles. The minimum atomic E-state index is 0.372. The Morgan fingerprint density at radius 1 is 1.10 bits per heavy atom. The molecule has 0 bridgehead atoms. The van der Waals surface area contributed by atoms with Gasteiger partial charge in [-0.25, -0.2) is 0 Å². The molecule has 0 radical (unpaired) electrons. The lowest BCUT2D eigenvalue weighted by atomic mass is 9.94. The Kier molecular flexibility index (Phi) is 3.06. The highest BCUT2D eigenvalue weighted by Crippen LogP contribution is 2.36. The Balaban J connectivity index is 1.64. The molecule has 1 atom stereocenters. The van der Waals surface area contributed by atoms with E-state index in [4.69, 9.17) is 9.47 Å². The maximum absolute atomic E-state index is 5.57. The highest BCUT2D eigenvalue weighted by Gasteiger charge is 2.36. The molecule has 4 rings (SSSR count). The highest BCUT2D eigenvalue weighted by molar-refractivity contribution is 5.49. The van der Waals surface area contributed by atoms with Gasteiger partial charge in [0.15, 0.2) is 17.5 Å². The van der Waals surface area contributed by atoms with Crippen LogP contribution in [0.5, 0.6) is 11.5 Å². The predicted octanol–water partition coefficient (Wildman–Crippen LogP) is -3.05. The van der Waals surface area contributed by atoms with Crippen molar-refractivity contribution in [3.05, 3.63) is 23.3 Å². The fourth-order valence-corrected chi connectivity index (χ4v) is 3.77. The number of rotatable bonds is 1. The number of benzene rings is 1. The van der Waals surface area contributed by atoms with Gasteiger partial charge in [-0.2, -0.15) is 0 Å². The van der Waals surface area contributed by atoms with Gasteiger partial charge in [-0.15, -0.1) is 0 Å². The van der Waals surface area contributed by atoms with Crippen molar-refractivity contribution in [2.24, 2.45) is 0 Å². The molecule has 5 heteroatoms. The van der Waals surface area contributed by atoms with Crippen LogP contribution in [0.3, 0.4) is 0 Å². The molecule has 0 unspecified atom stereocenters. The highest BCUT2D eigenvalue weighted by atomic mass is 16.7. The summed E-state index contributed by atoms with van der Waals surface area (Å²) in [4.78, 5) is 3.41. The first-order valence-corrected chi connectivity index (χ1v) is 7.71. The summed E-state index contributed by atoms with van der Waals surface area (Å²) in [5.74, 6) is 1.87. The second-order valence-corrected chi connectivity index (χ2v) is 6.30. The van der Waals surface area contributed by atoms with E-state index in [0.29, 0.717) is 12.8 Å². The average Bonchev–Trinajstić information content (AvgIpc) is 2.92. The fraction of sp³-hybridized carbons (Fsp3) is 0.600. The lowest BCUT2D eigenvalue weighted by molar-refractivity contribution is -1.03. The summed E-state index contributed by atoms with van der Waals surface area (Å²) in [5, 5.41) is 2.44. The van der Waals surface area contributed by atoms with E-state index in [1.807, 2.05) is 0 Å². The van der Waals surface area contributed by atoms with Gasteiger partial charge in [-0.1, -0.05) is 0 Å². The van der Waals surface area contributed by atoms with E-state index in [0.717, 1.165) is 18.0 Å². The Morgan fingerprint density at radius 2 is 1.85 bits per heavy atom. The van der Waals surface area contributed by atoms with Gasteiger partial charge >= 0.3 is 0 Å². The topological polar surface area (TPSA) is 44.0 Å². The summed E-state index contributed by atoms with van der Waals surface area (Å²) in [7, 11) is 2.30. The molecule has 1 aromatic rings. The number of nitrogens with two attached hydrogens (primary N) is 1. The molecule has 1 saturated heterocycles. The summed E-state index contributed by atoms with van der Waals surface area (Å²) < 4.78 is 11.1. The number of hydrogen-bond acceptors (Lipinski definition) is 2. The molecule has 0 aliphatic carbocycles. The van der Waals surface area contributed by atoms with Gasteiger partial charge in [0.25, 0.3) is 0 Å². The summed E-state index contributed by atoms with van der Waals surface area (Å²) in [6.07, 6.45) is 0. The molecule has 108 valence electrons. The zero-order chi connectivity index (χ0) is 13.5. The molecule has 0 aromatic heterocycles. The SMILES string of the molecule is C[NH+]1CC[NH+]([C@H]2C[NH2+]Cc3cc4c(cc32)OCO4)CC1. The molecule has 0 spiro atoms. The van der Waals surface area contributed by atoms with E-state index in [9.17, 15) is 0 Å². The third kappa shape index (κ3) is 2.06. The van der Waals surface area contributed by atoms with E-state index in [2.05, 4.69) is 24.5 Å². The molecule has 4 N–H and O–H groups in total. The number of ether oxygens (including phenoxy) is 2. The van der Waals surface area contributed by atoms with Gasteiger partial charge in [0.1, 0.15) is 39.3 Å². The van der Waals surface area contributed by atoms with Gasteiger partial charge < -0.3 is 24.6 Å². The minimum Gasteiger partial charge on any atom is -0.454 e. The van der Waals surface area contributed by atoms with Crippen LogP contribution >= 0.6 is 0 Å². The van der Waals surface area contributed by atoms with Crippen molar-refractivity contribution in [2.45, 2.75) is 12.6 Å². The van der Waals surface area contributed by atoms with Crippen LogP contribution in [-0.4, -0.2) is 46.6 Å². The van der Waals surface area contributed by atoms with E-state index >= 15 is 0 Å². The van der Waals surface area contributed by atoms with Gasteiger partial charge in [-0.05, 0) is 12.1 Å². The van der Waals surface area contributed by atoms with Gasteiger partial charge in [0, 0.05) is 11.1 Å². The van der Waals surface area contributed by atoms with Crippen LogP contribution in [0.2, 0.25) is 0 Å². The van der Waals surface area contributed by atoms with Crippen molar-refractivity contribution in [1.82, 2.24) is 0 Å². The van der Waals surface area contributed by atoms with Crippen LogP contribution in [0.1, 0.15) is 17.2 Å². The van der Waals surface area contributed by atoms with Crippen LogP contribution < -0.4 is 24.6 Å².